The number of nitrogens with one attached hydrogen (secondary N) is 2. The largest absolute Gasteiger partial charge is 0.497 e. The van der Waals surface area contributed by atoms with Crippen LogP contribution >= 0.6 is 0 Å². The molecule has 6 heteroatoms. The molecule has 1 saturated heterocycles. The van der Waals surface area contributed by atoms with E-state index in [0.717, 1.165) is 56.4 Å². The maximum absolute atomic E-state index is 5.69. The summed E-state index contributed by atoms with van der Waals surface area (Å²) in [6.45, 7) is 3.15. The van der Waals surface area contributed by atoms with Gasteiger partial charge in [0.05, 0.1) is 19.8 Å². The Balaban J connectivity index is 1.56. The molecule has 1 aromatic rings. The zero-order chi connectivity index (χ0) is 16.3. The molecule has 6 nitrogen and oxygen atoms in total. The van der Waals surface area contributed by atoms with Crippen molar-refractivity contribution < 1.29 is 14.2 Å². The second-order valence-corrected chi connectivity index (χ2v) is 5.39. The molecule has 1 aliphatic heterocycles. The zero-order valence-corrected chi connectivity index (χ0v) is 14.0. The summed E-state index contributed by atoms with van der Waals surface area (Å²) in [5.74, 6) is 2.50. The Morgan fingerprint density at radius 2 is 2.04 bits per heavy atom. The fourth-order valence-corrected chi connectivity index (χ4v) is 2.38. The highest BCUT2D eigenvalue weighted by atomic mass is 16.5. The Morgan fingerprint density at radius 1 is 1.26 bits per heavy atom. The second-order valence-electron chi connectivity index (χ2n) is 5.39. The highest BCUT2D eigenvalue weighted by Crippen LogP contribution is 2.16. The molecule has 0 spiro atoms. The summed E-state index contributed by atoms with van der Waals surface area (Å²) in [6.07, 6.45) is 3.49. The number of benzene rings is 1. The molecule has 0 bridgehead atoms. The first kappa shape index (κ1) is 17.4. The van der Waals surface area contributed by atoms with Crippen molar-refractivity contribution in [3.63, 3.8) is 0 Å². The van der Waals surface area contributed by atoms with Crippen LogP contribution in [0.3, 0.4) is 0 Å². The first-order valence-electron chi connectivity index (χ1n) is 8.15. The normalized spacial score (nSPS) is 17.8. The molecule has 0 saturated carbocycles. The quantitative estimate of drug-likeness (QED) is 0.434. The minimum Gasteiger partial charge on any atom is -0.497 e. The maximum Gasteiger partial charge on any atom is 0.191 e. The van der Waals surface area contributed by atoms with E-state index in [2.05, 4.69) is 15.6 Å². The van der Waals surface area contributed by atoms with Gasteiger partial charge in [-0.2, -0.15) is 0 Å². The molecule has 0 aromatic heterocycles. The van der Waals surface area contributed by atoms with Crippen LogP contribution in [0.1, 0.15) is 19.3 Å². The molecule has 2 N–H and O–H groups in total. The number of guanidine groups is 1. The number of methoxy groups -OCH3 is 1. The average molecular weight is 321 g/mol. The van der Waals surface area contributed by atoms with Crippen LogP contribution in [0.25, 0.3) is 0 Å². The summed E-state index contributed by atoms with van der Waals surface area (Å²) < 4.78 is 16.4. The number of nitrogens with zero attached hydrogens (tertiary/aromatic N) is 1. The van der Waals surface area contributed by atoms with Crippen molar-refractivity contribution in [3.05, 3.63) is 24.3 Å². The number of ether oxygens (including phenoxy) is 3. The van der Waals surface area contributed by atoms with Crippen LogP contribution < -0.4 is 20.1 Å². The third-order valence-corrected chi connectivity index (χ3v) is 3.69. The average Bonchev–Trinajstić information content (AvgIpc) is 3.11. The van der Waals surface area contributed by atoms with Crippen LogP contribution in [0.5, 0.6) is 11.5 Å². The highest BCUT2D eigenvalue weighted by Gasteiger charge is 2.15. The Bertz CT molecular complexity index is 470. The Kier molecular flexibility index (Phi) is 7.52. The number of rotatable bonds is 8. The first-order chi connectivity index (χ1) is 11.3. The van der Waals surface area contributed by atoms with Gasteiger partial charge in [-0.3, -0.25) is 4.99 Å². The van der Waals surface area contributed by atoms with Crippen molar-refractivity contribution in [2.24, 2.45) is 4.99 Å². The second kappa shape index (κ2) is 9.94. The lowest BCUT2D eigenvalue weighted by atomic mass is 10.2. The molecule has 0 amide bonds. The van der Waals surface area contributed by atoms with E-state index in [1.807, 2.05) is 24.3 Å². The molecular weight excluding hydrogens is 294 g/mol. The third-order valence-electron chi connectivity index (χ3n) is 3.69. The van der Waals surface area contributed by atoms with Gasteiger partial charge in [-0.05, 0) is 43.5 Å². The molecule has 0 aliphatic carbocycles. The smallest absolute Gasteiger partial charge is 0.191 e. The van der Waals surface area contributed by atoms with E-state index in [0.29, 0.717) is 12.7 Å². The van der Waals surface area contributed by atoms with Crippen LogP contribution in [-0.2, 0) is 4.74 Å². The molecular formula is C17H27N3O3. The number of aliphatic imine (C=N–C) groups is 1. The molecule has 1 aromatic carbocycles. The summed E-state index contributed by atoms with van der Waals surface area (Å²) in [4.78, 5) is 4.21. The first-order valence-corrected chi connectivity index (χ1v) is 8.15. The predicted molar refractivity (Wildman–Crippen MR) is 91.4 cm³/mol. The van der Waals surface area contributed by atoms with Gasteiger partial charge in [0, 0.05) is 26.7 Å². The van der Waals surface area contributed by atoms with E-state index >= 15 is 0 Å². The van der Waals surface area contributed by atoms with Crippen LogP contribution in [0, 0.1) is 0 Å². The van der Waals surface area contributed by atoms with E-state index in [1.165, 1.54) is 0 Å². The van der Waals surface area contributed by atoms with Crippen LogP contribution in [-0.4, -0.2) is 52.5 Å². The molecule has 1 fully saturated rings. The summed E-state index contributed by atoms with van der Waals surface area (Å²) in [6, 6.07) is 7.61. The Labute approximate surface area is 138 Å². The van der Waals surface area contributed by atoms with Gasteiger partial charge in [0.25, 0.3) is 0 Å². The molecule has 1 heterocycles. The van der Waals surface area contributed by atoms with Crippen LogP contribution in [0.2, 0.25) is 0 Å². The summed E-state index contributed by atoms with van der Waals surface area (Å²) >= 11 is 0. The Hall–Kier alpha value is -1.95. The summed E-state index contributed by atoms with van der Waals surface area (Å²) in [5.41, 5.74) is 0. The van der Waals surface area contributed by atoms with Gasteiger partial charge < -0.3 is 24.8 Å². The fraction of sp³-hybridized carbons (Fsp3) is 0.588. The molecule has 1 aliphatic rings. The summed E-state index contributed by atoms with van der Waals surface area (Å²) in [5, 5.41) is 6.57. The lowest BCUT2D eigenvalue weighted by Gasteiger charge is -2.15. The molecule has 2 rings (SSSR count). The lowest BCUT2D eigenvalue weighted by molar-refractivity contribution is 0.114. The van der Waals surface area contributed by atoms with Gasteiger partial charge in [-0.25, -0.2) is 0 Å². The number of hydrogen-bond acceptors (Lipinski definition) is 4. The van der Waals surface area contributed by atoms with Gasteiger partial charge in [0.15, 0.2) is 5.96 Å². The molecule has 0 radical (unpaired) electrons. The molecule has 23 heavy (non-hydrogen) atoms. The van der Waals surface area contributed by atoms with Gasteiger partial charge in [-0.1, -0.05) is 0 Å². The summed E-state index contributed by atoms with van der Waals surface area (Å²) in [7, 11) is 3.43. The molecule has 1 atom stereocenters. The van der Waals surface area contributed by atoms with Crippen molar-refractivity contribution in [1.82, 2.24) is 10.6 Å². The van der Waals surface area contributed by atoms with Crippen molar-refractivity contribution in [1.29, 1.82) is 0 Å². The van der Waals surface area contributed by atoms with E-state index < -0.39 is 0 Å². The monoisotopic (exact) mass is 321 g/mol. The molecule has 128 valence electrons. The van der Waals surface area contributed by atoms with Crippen LogP contribution in [0.15, 0.2) is 29.3 Å². The van der Waals surface area contributed by atoms with E-state index in [1.54, 1.807) is 14.2 Å². The van der Waals surface area contributed by atoms with E-state index in [4.69, 9.17) is 14.2 Å². The minimum absolute atomic E-state index is 0.312. The van der Waals surface area contributed by atoms with Crippen molar-refractivity contribution >= 4 is 5.96 Å². The van der Waals surface area contributed by atoms with Crippen molar-refractivity contribution in [3.8, 4) is 11.5 Å². The van der Waals surface area contributed by atoms with Gasteiger partial charge in [0.1, 0.15) is 11.5 Å². The van der Waals surface area contributed by atoms with Crippen LogP contribution in [0.4, 0.5) is 0 Å². The van der Waals surface area contributed by atoms with Gasteiger partial charge in [0.2, 0.25) is 0 Å². The van der Waals surface area contributed by atoms with Crippen molar-refractivity contribution in [2.45, 2.75) is 25.4 Å². The highest BCUT2D eigenvalue weighted by molar-refractivity contribution is 5.79. The van der Waals surface area contributed by atoms with Gasteiger partial charge >= 0.3 is 0 Å². The predicted octanol–water partition coefficient (Wildman–Crippen LogP) is 1.81. The zero-order valence-electron chi connectivity index (χ0n) is 14.0. The topological polar surface area (TPSA) is 64.1 Å². The lowest BCUT2D eigenvalue weighted by Crippen LogP contribution is -2.41. The maximum atomic E-state index is 5.69. The van der Waals surface area contributed by atoms with Crippen molar-refractivity contribution in [2.75, 3.05) is 40.5 Å². The third kappa shape index (κ3) is 6.36. The fourth-order valence-electron chi connectivity index (χ4n) is 2.38. The van der Waals surface area contributed by atoms with E-state index in [9.17, 15) is 0 Å². The molecule has 1 unspecified atom stereocenters. The minimum atomic E-state index is 0.312. The standard InChI is InChI=1S/C17H27N3O3/c1-18-17(20-13-16-5-3-11-23-16)19-10-4-12-22-15-8-6-14(21-2)7-9-15/h6-9,16H,3-5,10-13H2,1-2H3,(H2,18,19,20). The SMILES string of the molecule is CN=C(NCCCOc1ccc(OC)cc1)NCC1CCCO1. The number of hydrogen-bond donors (Lipinski definition) is 2. The van der Waals surface area contributed by atoms with Gasteiger partial charge in [-0.15, -0.1) is 0 Å². The van der Waals surface area contributed by atoms with E-state index in [-0.39, 0.29) is 0 Å². The Morgan fingerprint density at radius 3 is 2.70 bits per heavy atom.